The monoisotopic (exact) mass is 226 g/mol. The van der Waals surface area contributed by atoms with E-state index < -0.39 is 5.97 Å². The van der Waals surface area contributed by atoms with Crippen molar-refractivity contribution in [2.75, 3.05) is 11.5 Å². The summed E-state index contributed by atoms with van der Waals surface area (Å²) in [5.41, 5.74) is 0.815. The van der Waals surface area contributed by atoms with Crippen LogP contribution in [0.4, 0.5) is 0 Å². The zero-order valence-electron chi connectivity index (χ0n) is 8.43. The van der Waals surface area contributed by atoms with Crippen LogP contribution < -0.4 is 0 Å². The summed E-state index contributed by atoms with van der Waals surface area (Å²) < 4.78 is 1.89. The zero-order chi connectivity index (χ0) is 10.7. The fraction of sp³-hybridized carbons (Fsp3) is 0.600. The predicted octanol–water partition coefficient (Wildman–Crippen LogP) is 1.58. The van der Waals surface area contributed by atoms with Gasteiger partial charge in [-0.15, -0.1) is 0 Å². The molecule has 1 aliphatic heterocycles. The summed E-state index contributed by atoms with van der Waals surface area (Å²) in [5, 5.41) is 13.0. The average molecular weight is 226 g/mol. The summed E-state index contributed by atoms with van der Waals surface area (Å²) in [6.45, 7) is 0. The Morgan fingerprint density at radius 3 is 3.27 bits per heavy atom. The summed E-state index contributed by atoms with van der Waals surface area (Å²) in [7, 11) is 0. The molecular weight excluding hydrogens is 212 g/mol. The van der Waals surface area contributed by atoms with E-state index in [4.69, 9.17) is 5.11 Å². The van der Waals surface area contributed by atoms with Gasteiger partial charge in [0.1, 0.15) is 0 Å². The van der Waals surface area contributed by atoms with Crippen LogP contribution in [0.1, 0.15) is 24.6 Å². The van der Waals surface area contributed by atoms with Gasteiger partial charge in [0.2, 0.25) is 0 Å². The van der Waals surface area contributed by atoms with Crippen LogP contribution in [0, 0.1) is 0 Å². The molecule has 0 radical (unpaired) electrons. The molecular formula is C10H14N2O2S. The molecule has 0 saturated carbocycles. The van der Waals surface area contributed by atoms with E-state index in [1.807, 2.05) is 16.4 Å². The number of aromatic nitrogens is 2. The van der Waals surface area contributed by atoms with Crippen molar-refractivity contribution in [3.8, 4) is 0 Å². The van der Waals surface area contributed by atoms with E-state index in [0.717, 1.165) is 17.9 Å². The number of hydrogen-bond donors (Lipinski definition) is 1. The van der Waals surface area contributed by atoms with E-state index in [-0.39, 0.29) is 6.42 Å². The molecule has 2 heterocycles. The number of hydrogen-bond acceptors (Lipinski definition) is 3. The first-order chi connectivity index (χ1) is 7.27. The Hall–Kier alpha value is -0.970. The maximum Gasteiger partial charge on any atom is 0.309 e. The highest BCUT2D eigenvalue weighted by Gasteiger charge is 2.19. The molecule has 1 unspecified atom stereocenters. The Bertz CT molecular complexity index is 345. The van der Waals surface area contributed by atoms with Crippen LogP contribution in [0.25, 0.3) is 0 Å². The zero-order valence-corrected chi connectivity index (χ0v) is 9.24. The van der Waals surface area contributed by atoms with Crippen LogP contribution >= 0.6 is 11.8 Å². The number of carboxylic acids is 1. The molecule has 1 atom stereocenters. The molecule has 0 amide bonds. The Morgan fingerprint density at radius 1 is 1.73 bits per heavy atom. The van der Waals surface area contributed by atoms with Crippen molar-refractivity contribution in [3.05, 3.63) is 18.0 Å². The molecule has 2 rings (SSSR count). The van der Waals surface area contributed by atoms with Gasteiger partial charge < -0.3 is 5.11 Å². The Kier molecular flexibility index (Phi) is 3.30. The largest absolute Gasteiger partial charge is 0.481 e. The highest BCUT2D eigenvalue weighted by molar-refractivity contribution is 7.99. The first kappa shape index (κ1) is 10.5. The summed E-state index contributed by atoms with van der Waals surface area (Å²) in [6, 6.07) is 2.18. The minimum atomic E-state index is -0.791. The Morgan fingerprint density at radius 2 is 2.60 bits per heavy atom. The fourth-order valence-electron chi connectivity index (χ4n) is 1.88. The second-order valence-corrected chi connectivity index (χ2v) is 4.86. The Balaban J connectivity index is 2.12. The van der Waals surface area contributed by atoms with Gasteiger partial charge in [0.05, 0.1) is 12.5 Å². The number of carboxylic acid groups (broad SMARTS) is 1. The van der Waals surface area contributed by atoms with Gasteiger partial charge in [0.25, 0.3) is 0 Å². The summed E-state index contributed by atoms with van der Waals surface area (Å²) in [4.78, 5) is 10.7. The number of rotatable bonds is 3. The molecule has 4 nitrogen and oxygen atoms in total. The standard InChI is InChI=1S/C10H14N2O2S/c13-10(14)6-8-3-4-11-12(8)9-2-1-5-15-7-9/h3-4,9H,1-2,5-7H2,(H,13,14). The first-order valence-corrected chi connectivity index (χ1v) is 6.25. The summed E-state index contributed by atoms with van der Waals surface area (Å²) >= 11 is 1.92. The van der Waals surface area contributed by atoms with E-state index in [9.17, 15) is 4.79 Å². The lowest BCUT2D eigenvalue weighted by atomic mass is 10.2. The molecule has 1 saturated heterocycles. The van der Waals surface area contributed by atoms with Gasteiger partial charge in [0.15, 0.2) is 0 Å². The first-order valence-electron chi connectivity index (χ1n) is 5.09. The van der Waals surface area contributed by atoms with Gasteiger partial charge in [-0.05, 0) is 24.7 Å². The molecule has 0 aliphatic carbocycles. The van der Waals surface area contributed by atoms with Gasteiger partial charge in [-0.2, -0.15) is 16.9 Å². The molecule has 1 aliphatic rings. The van der Waals surface area contributed by atoms with Crippen LogP contribution in [-0.4, -0.2) is 32.4 Å². The maximum atomic E-state index is 10.7. The number of carbonyl (C=O) groups is 1. The predicted molar refractivity (Wildman–Crippen MR) is 59.2 cm³/mol. The highest BCUT2D eigenvalue weighted by Crippen LogP contribution is 2.27. The van der Waals surface area contributed by atoms with Crippen LogP contribution in [0.5, 0.6) is 0 Å². The van der Waals surface area contributed by atoms with Crippen molar-refractivity contribution in [3.63, 3.8) is 0 Å². The number of nitrogens with zero attached hydrogens (tertiary/aromatic N) is 2. The molecule has 1 N–H and O–H groups in total. The minimum absolute atomic E-state index is 0.0706. The number of aliphatic carboxylic acids is 1. The van der Waals surface area contributed by atoms with Crippen molar-refractivity contribution in [1.29, 1.82) is 0 Å². The summed E-state index contributed by atoms with van der Waals surface area (Å²) in [6.07, 6.45) is 4.07. The SMILES string of the molecule is O=C(O)Cc1ccnn1C1CCCSC1. The molecule has 1 fully saturated rings. The average Bonchev–Trinajstić information content (AvgIpc) is 2.66. The molecule has 0 spiro atoms. The molecule has 1 aromatic heterocycles. The van der Waals surface area contributed by atoms with E-state index >= 15 is 0 Å². The third kappa shape index (κ3) is 2.53. The molecule has 0 bridgehead atoms. The van der Waals surface area contributed by atoms with Crippen molar-refractivity contribution >= 4 is 17.7 Å². The summed E-state index contributed by atoms with van der Waals surface area (Å²) in [5.74, 6) is 1.47. The second-order valence-electron chi connectivity index (χ2n) is 3.71. The minimum Gasteiger partial charge on any atom is -0.481 e. The lowest BCUT2D eigenvalue weighted by Gasteiger charge is -2.23. The van der Waals surface area contributed by atoms with Crippen LogP contribution in [0.15, 0.2) is 12.3 Å². The van der Waals surface area contributed by atoms with Crippen molar-refractivity contribution in [1.82, 2.24) is 9.78 Å². The molecule has 82 valence electrons. The smallest absolute Gasteiger partial charge is 0.309 e. The third-order valence-electron chi connectivity index (χ3n) is 2.57. The van der Waals surface area contributed by atoms with Gasteiger partial charge in [-0.1, -0.05) is 0 Å². The van der Waals surface area contributed by atoms with Crippen molar-refractivity contribution in [2.24, 2.45) is 0 Å². The van der Waals surface area contributed by atoms with Gasteiger partial charge in [0, 0.05) is 17.6 Å². The highest BCUT2D eigenvalue weighted by atomic mass is 32.2. The lowest BCUT2D eigenvalue weighted by Crippen LogP contribution is -2.20. The Labute approximate surface area is 92.7 Å². The van der Waals surface area contributed by atoms with Crippen molar-refractivity contribution in [2.45, 2.75) is 25.3 Å². The van der Waals surface area contributed by atoms with Gasteiger partial charge in [-0.3, -0.25) is 9.48 Å². The van der Waals surface area contributed by atoms with Crippen LogP contribution in [0.2, 0.25) is 0 Å². The lowest BCUT2D eigenvalue weighted by molar-refractivity contribution is -0.136. The van der Waals surface area contributed by atoms with Gasteiger partial charge >= 0.3 is 5.97 Å². The molecule has 5 heteroatoms. The second kappa shape index (κ2) is 4.70. The third-order valence-corrected chi connectivity index (χ3v) is 3.76. The van der Waals surface area contributed by atoms with E-state index in [1.54, 1.807) is 12.3 Å². The maximum absolute atomic E-state index is 10.7. The van der Waals surface area contributed by atoms with Crippen molar-refractivity contribution < 1.29 is 9.90 Å². The number of thioether (sulfide) groups is 1. The van der Waals surface area contributed by atoms with E-state index in [0.29, 0.717) is 6.04 Å². The molecule has 0 aromatic carbocycles. The van der Waals surface area contributed by atoms with Gasteiger partial charge in [-0.25, -0.2) is 0 Å². The van der Waals surface area contributed by atoms with E-state index in [2.05, 4.69) is 5.10 Å². The quantitative estimate of drug-likeness (QED) is 0.850. The van der Waals surface area contributed by atoms with Crippen LogP contribution in [0.3, 0.4) is 0 Å². The topological polar surface area (TPSA) is 55.1 Å². The normalized spacial score (nSPS) is 21.5. The van der Waals surface area contributed by atoms with Crippen LogP contribution in [-0.2, 0) is 11.2 Å². The fourth-order valence-corrected chi connectivity index (χ4v) is 3.00. The van der Waals surface area contributed by atoms with E-state index in [1.165, 1.54) is 12.2 Å². The molecule has 1 aromatic rings. The molecule has 15 heavy (non-hydrogen) atoms.